The Morgan fingerprint density at radius 1 is 1.53 bits per heavy atom. The fourth-order valence-electron chi connectivity index (χ4n) is 1.93. The molecule has 0 spiro atoms. The molecule has 6 nitrogen and oxygen atoms in total. The van der Waals surface area contributed by atoms with Crippen LogP contribution in [0.1, 0.15) is 6.42 Å². The lowest BCUT2D eigenvalue weighted by Gasteiger charge is -2.24. The number of sulfone groups is 1. The van der Waals surface area contributed by atoms with Crippen LogP contribution in [0.5, 0.6) is 0 Å². The van der Waals surface area contributed by atoms with Crippen molar-refractivity contribution in [3.63, 3.8) is 0 Å². The quantitative estimate of drug-likeness (QED) is 0.402. The Bertz CT molecular complexity index is 381. The molecule has 0 radical (unpaired) electrons. The zero-order chi connectivity index (χ0) is 13.6. The summed E-state index contributed by atoms with van der Waals surface area (Å²) in [6, 6.07) is 0. The van der Waals surface area contributed by atoms with Gasteiger partial charge in [-0.05, 0) is 6.42 Å². The van der Waals surface area contributed by atoms with Crippen molar-refractivity contribution in [2.24, 2.45) is 10.9 Å². The fourth-order valence-corrected chi connectivity index (χ4v) is 2.41. The molecule has 1 atom stereocenters. The Labute approximate surface area is 132 Å². The lowest BCUT2D eigenvalue weighted by molar-refractivity contribution is 0.181. The maximum Gasteiger partial charge on any atom is 0.193 e. The van der Waals surface area contributed by atoms with Gasteiger partial charge >= 0.3 is 0 Å². The number of aliphatic imine (C=N–C) groups is 1. The summed E-state index contributed by atoms with van der Waals surface area (Å²) in [5.74, 6) is 1.38. The van der Waals surface area contributed by atoms with Crippen LogP contribution in [0.25, 0.3) is 0 Å². The highest BCUT2D eigenvalue weighted by molar-refractivity contribution is 14.0. The maximum atomic E-state index is 11.0. The molecule has 0 aliphatic carbocycles. The monoisotopic (exact) mass is 405 g/mol. The molecule has 1 unspecified atom stereocenters. The normalized spacial score (nSPS) is 19.9. The van der Waals surface area contributed by atoms with Gasteiger partial charge in [0.05, 0.1) is 12.4 Å². The second-order valence-corrected chi connectivity index (χ2v) is 6.97. The molecule has 0 bridgehead atoms. The fraction of sp³-hybridized carbons (Fsp3) is 0.909. The van der Waals surface area contributed by atoms with E-state index in [-0.39, 0.29) is 29.7 Å². The number of ether oxygens (including phenoxy) is 1. The molecule has 0 aromatic carbocycles. The van der Waals surface area contributed by atoms with Crippen LogP contribution >= 0.6 is 24.0 Å². The van der Waals surface area contributed by atoms with Gasteiger partial charge in [0.15, 0.2) is 5.96 Å². The van der Waals surface area contributed by atoms with Gasteiger partial charge in [-0.3, -0.25) is 4.99 Å². The third kappa shape index (κ3) is 7.93. The first-order valence-electron chi connectivity index (χ1n) is 6.09. The van der Waals surface area contributed by atoms with Gasteiger partial charge in [0.1, 0.15) is 9.84 Å². The van der Waals surface area contributed by atoms with E-state index in [2.05, 4.69) is 10.3 Å². The van der Waals surface area contributed by atoms with Gasteiger partial charge in [0, 0.05) is 46.0 Å². The van der Waals surface area contributed by atoms with Crippen molar-refractivity contribution in [2.45, 2.75) is 6.42 Å². The summed E-state index contributed by atoms with van der Waals surface area (Å²) in [6.07, 6.45) is 2.31. The third-order valence-electron chi connectivity index (χ3n) is 2.89. The summed E-state index contributed by atoms with van der Waals surface area (Å²) < 4.78 is 27.4. The summed E-state index contributed by atoms with van der Waals surface area (Å²) in [6.45, 7) is 2.89. The Hall–Kier alpha value is -0.0900. The van der Waals surface area contributed by atoms with Gasteiger partial charge < -0.3 is 15.0 Å². The second-order valence-electron chi connectivity index (χ2n) is 4.71. The van der Waals surface area contributed by atoms with Crippen LogP contribution < -0.4 is 5.32 Å². The van der Waals surface area contributed by atoms with Crippen LogP contribution in [-0.2, 0) is 14.6 Å². The first kappa shape index (κ1) is 18.9. The summed E-state index contributed by atoms with van der Waals surface area (Å²) in [7, 11) is 0.719. The molecular formula is C11H24IN3O3S. The van der Waals surface area contributed by atoms with Crippen molar-refractivity contribution >= 4 is 39.8 Å². The summed E-state index contributed by atoms with van der Waals surface area (Å²) in [5.41, 5.74) is 0. The lowest BCUT2D eigenvalue weighted by Crippen LogP contribution is -2.42. The highest BCUT2D eigenvalue weighted by atomic mass is 127. The minimum Gasteiger partial charge on any atom is -0.381 e. The van der Waals surface area contributed by atoms with Gasteiger partial charge in [-0.2, -0.15) is 0 Å². The van der Waals surface area contributed by atoms with Gasteiger partial charge in [0.25, 0.3) is 0 Å². The molecule has 1 aliphatic rings. The molecule has 1 N–H and O–H groups in total. The first-order valence-corrected chi connectivity index (χ1v) is 8.15. The van der Waals surface area contributed by atoms with Crippen molar-refractivity contribution in [3.8, 4) is 0 Å². The van der Waals surface area contributed by atoms with Crippen LogP contribution in [0, 0.1) is 5.92 Å². The molecule has 1 heterocycles. The number of hydrogen-bond donors (Lipinski definition) is 1. The maximum absolute atomic E-state index is 11.0. The summed E-state index contributed by atoms with van der Waals surface area (Å²) in [5, 5.41) is 3.06. The van der Waals surface area contributed by atoms with E-state index in [1.165, 1.54) is 6.26 Å². The van der Waals surface area contributed by atoms with Gasteiger partial charge in [-0.15, -0.1) is 24.0 Å². The minimum atomic E-state index is -2.93. The van der Waals surface area contributed by atoms with E-state index < -0.39 is 9.84 Å². The molecule has 8 heteroatoms. The molecule has 0 aromatic heterocycles. The molecule has 1 saturated heterocycles. The predicted molar refractivity (Wildman–Crippen MR) is 88.0 cm³/mol. The number of nitrogens with one attached hydrogen (secondary N) is 1. The van der Waals surface area contributed by atoms with Gasteiger partial charge in [-0.1, -0.05) is 0 Å². The van der Waals surface area contributed by atoms with E-state index in [0.29, 0.717) is 12.5 Å². The van der Waals surface area contributed by atoms with E-state index in [0.717, 1.165) is 32.1 Å². The van der Waals surface area contributed by atoms with Crippen molar-refractivity contribution in [3.05, 3.63) is 0 Å². The molecule has 19 heavy (non-hydrogen) atoms. The van der Waals surface area contributed by atoms with Crippen LogP contribution in [0.3, 0.4) is 0 Å². The van der Waals surface area contributed by atoms with E-state index in [1.807, 2.05) is 11.9 Å². The Balaban J connectivity index is 0.00000324. The van der Waals surface area contributed by atoms with E-state index >= 15 is 0 Å². The number of rotatable bonds is 5. The lowest BCUT2D eigenvalue weighted by atomic mass is 10.1. The summed E-state index contributed by atoms with van der Waals surface area (Å²) >= 11 is 0. The number of halogens is 1. The highest BCUT2D eigenvalue weighted by Crippen LogP contribution is 2.13. The minimum absolute atomic E-state index is 0. The van der Waals surface area contributed by atoms with Gasteiger partial charge in [0.2, 0.25) is 0 Å². The largest absolute Gasteiger partial charge is 0.381 e. The smallest absolute Gasteiger partial charge is 0.193 e. The molecule has 0 saturated carbocycles. The zero-order valence-corrected chi connectivity index (χ0v) is 14.9. The Morgan fingerprint density at radius 3 is 2.68 bits per heavy atom. The molecule has 0 amide bonds. The first-order chi connectivity index (χ1) is 8.42. The molecule has 1 aliphatic heterocycles. The molecule has 0 aromatic rings. The average molecular weight is 405 g/mol. The molecule has 1 fully saturated rings. The second kappa shape index (κ2) is 8.96. The van der Waals surface area contributed by atoms with Crippen molar-refractivity contribution < 1.29 is 13.2 Å². The standard InChI is InChI=1S/C11H23N3O3S.HI/c1-12-11(13-5-7-18(3,15)16)14(2)8-10-4-6-17-9-10;/h10H,4-9H2,1-3H3,(H,12,13);1H. The van der Waals surface area contributed by atoms with E-state index in [4.69, 9.17) is 4.74 Å². The number of hydrogen-bond acceptors (Lipinski definition) is 4. The third-order valence-corrected chi connectivity index (χ3v) is 3.83. The van der Waals surface area contributed by atoms with Crippen molar-refractivity contribution in [1.82, 2.24) is 10.2 Å². The topological polar surface area (TPSA) is 71.0 Å². The van der Waals surface area contributed by atoms with Gasteiger partial charge in [-0.25, -0.2) is 8.42 Å². The van der Waals surface area contributed by atoms with Crippen LogP contribution in [0.4, 0.5) is 0 Å². The predicted octanol–water partition coefficient (Wildman–Crippen LogP) is 0.193. The summed E-state index contributed by atoms with van der Waals surface area (Å²) in [4.78, 5) is 6.16. The molecule has 1 rings (SSSR count). The zero-order valence-electron chi connectivity index (χ0n) is 11.8. The van der Waals surface area contributed by atoms with E-state index in [1.54, 1.807) is 7.05 Å². The molecule has 114 valence electrons. The van der Waals surface area contributed by atoms with Crippen molar-refractivity contribution in [2.75, 3.05) is 52.4 Å². The number of nitrogens with zero attached hydrogens (tertiary/aromatic N) is 2. The van der Waals surface area contributed by atoms with E-state index in [9.17, 15) is 8.42 Å². The SMILES string of the molecule is CN=C(NCCS(C)(=O)=O)N(C)CC1CCOC1.I. The highest BCUT2D eigenvalue weighted by Gasteiger charge is 2.19. The Morgan fingerprint density at radius 2 is 2.21 bits per heavy atom. The van der Waals surface area contributed by atoms with Crippen molar-refractivity contribution in [1.29, 1.82) is 0 Å². The van der Waals surface area contributed by atoms with Crippen LogP contribution in [-0.4, -0.2) is 71.7 Å². The average Bonchev–Trinajstić information content (AvgIpc) is 2.75. The number of guanidine groups is 1. The Kier molecular flexibility index (Phi) is 8.92. The van der Waals surface area contributed by atoms with Crippen LogP contribution in [0.2, 0.25) is 0 Å². The van der Waals surface area contributed by atoms with Crippen LogP contribution in [0.15, 0.2) is 4.99 Å². The molecular weight excluding hydrogens is 381 g/mol.